The average molecular weight is 468 g/mol. The van der Waals surface area contributed by atoms with Gasteiger partial charge in [0.2, 0.25) is 5.91 Å². The van der Waals surface area contributed by atoms with E-state index in [0.29, 0.717) is 24.9 Å². The fourth-order valence-electron chi connectivity index (χ4n) is 4.75. The Morgan fingerprint density at radius 1 is 1.12 bits per heavy atom. The molecule has 2 aromatic rings. The van der Waals surface area contributed by atoms with Crippen molar-refractivity contribution in [2.24, 2.45) is 11.3 Å². The van der Waals surface area contributed by atoms with Crippen molar-refractivity contribution < 1.29 is 19.8 Å². The van der Waals surface area contributed by atoms with Crippen LogP contribution in [0.2, 0.25) is 0 Å². The number of pyridine rings is 1. The zero-order chi connectivity index (χ0) is 24.6. The van der Waals surface area contributed by atoms with Crippen LogP contribution in [0.15, 0.2) is 54.9 Å². The van der Waals surface area contributed by atoms with E-state index in [-0.39, 0.29) is 42.0 Å². The number of rotatable bonds is 7. The molecule has 1 aliphatic rings. The molecule has 4 N–H and O–H groups in total. The lowest BCUT2D eigenvalue weighted by molar-refractivity contribution is -0.121. The van der Waals surface area contributed by atoms with Gasteiger partial charge in [0.15, 0.2) is 0 Å². The van der Waals surface area contributed by atoms with Crippen molar-refractivity contribution >= 4 is 11.8 Å². The number of hydrogen-bond donors (Lipinski definition) is 4. The summed E-state index contributed by atoms with van der Waals surface area (Å²) in [6.45, 7) is 4.96. The SMILES string of the molecule is C[C@@H]1CC[C@](C)(CNC(=O)CCNC(=O)c2cccnc2)C[C@H](c2ccccc2)[C@@H](O)[C@@H](O)C1. The molecule has 1 fully saturated rings. The molecule has 0 spiro atoms. The zero-order valence-corrected chi connectivity index (χ0v) is 20.1. The summed E-state index contributed by atoms with van der Waals surface area (Å²) in [5, 5.41) is 27.5. The molecule has 1 heterocycles. The van der Waals surface area contributed by atoms with Crippen LogP contribution in [0.1, 0.15) is 67.8 Å². The maximum Gasteiger partial charge on any atom is 0.252 e. The van der Waals surface area contributed by atoms with Gasteiger partial charge in [0.05, 0.1) is 17.8 Å². The Balaban J connectivity index is 1.60. The van der Waals surface area contributed by atoms with E-state index in [1.165, 1.54) is 6.20 Å². The normalized spacial score (nSPS) is 27.6. The van der Waals surface area contributed by atoms with Crippen LogP contribution in [0.5, 0.6) is 0 Å². The highest BCUT2D eigenvalue weighted by atomic mass is 16.3. The number of benzene rings is 1. The third-order valence-electron chi connectivity index (χ3n) is 6.91. The first-order valence-electron chi connectivity index (χ1n) is 12.1. The molecule has 7 nitrogen and oxygen atoms in total. The second kappa shape index (κ2) is 12.1. The molecule has 0 saturated heterocycles. The molecule has 1 saturated carbocycles. The van der Waals surface area contributed by atoms with Crippen molar-refractivity contribution in [3.63, 3.8) is 0 Å². The number of carbonyl (C=O) groups is 2. The second-order valence-corrected chi connectivity index (χ2v) is 9.99. The first kappa shape index (κ1) is 25.8. The Morgan fingerprint density at radius 2 is 1.88 bits per heavy atom. The van der Waals surface area contributed by atoms with Gasteiger partial charge in [-0.05, 0) is 48.3 Å². The maximum absolute atomic E-state index is 12.5. The summed E-state index contributed by atoms with van der Waals surface area (Å²) in [6, 6.07) is 13.2. The van der Waals surface area contributed by atoms with Crippen molar-refractivity contribution in [1.82, 2.24) is 15.6 Å². The average Bonchev–Trinajstić information content (AvgIpc) is 2.89. The fourth-order valence-corrected chi connectivity index (χ4v) is 4.75. The van der Waals surface area contributed by atoms with E-state index in [9.17, 15) is 19.8 Å². The van der Waals surface area contributed by atoms with Crippen molar-refractivity contribution in [3.8, 4) is 0 Å². The number of carbonyl (C=O) groups excluding carboxylic acids is 2. The summed E-state index contributed by atoms with van der Waals surface area (Å²) in [5.74, 6) is -0.326. The first-order valence-corrected chi connectivity index (χ1v) is 12.1. The van der Waals surface area contributed by atoms with Crippen LogP contribution in [0.25, 0.3) is 0 Å². The summed E-state index contributed by atoms with van der Waals surface area (Å²) in [7, 11) is 0. The highest BCUT2D eigenvalue weighted by Crippen LogP contribution is 2.41. The second-order valence-electron chi connectivity index (χ2n) is 9.99. The molecule has 0 aliphatic heterocycles. The van der Waals surface area contributed by atoms with Gasteiger partial charge in [-0.1, -0.05) is 50.6 Å². The summed E-state index contributed by atoms with van der Waals surface area (Å²) in [5.41, 5.74) is 1.22. The number of amides is 2. The number of aliphatic hydroxyl groups is 2. The molecule has 1 aromatic heterocycles. The summed E-state index contributed by atoms with van der Waals surface area (Å²) < 4.78 is 0. The standard InChI is InChI=1S/C27H37N3O4/c1-19-10-12-27(2,16-22(25(33)23(31)15-19)20-7-4-3-5-8-20)18-30-24(32)11-14-29-26(34)21-9-6-13-28-17-21/h3-9,13,17,19,22-23,25,31,33H,10-12,14-16,18H2,1-2H3,(H,29,34)(H,30,32)/t19-,22-,23+,25-,27+/m1/s1. The van der Waals surface area contributed by atoms with Crippen LogP contribution >= 0.6 is 0 Å². The molecule has 0 unspecified atom stereocenters. The molecule has 2 amide bonds. The fraction of sp³-hybridized carbons (Fsp3) is 0.519. The van der Waals surface area contributed by atoms with E-state index >= 15 is 0 Å². The Kier molecular flexibility index (Phi) is 9.19. The van der Waals surface area contributed by atoms with Crippen LogP contribution in [-0.2, 0) is 4.79 Å². The minimum Gasteiger partial charge on any atom is -0.390 e. The molecule has 0 bridgehead atoms. The van der Waals surface area contributed by atoms with Gasteiger partial charge >= 0.3 is 0 Å². The lowest BCUT2D eigenvalue weighted by Crippen LogP contribution is -2.40. The van der Waals surface area contributed by atoms with Crippen LogP contribution in [0, 0.1) is 11.3 Å². The van der Waals surface area contributed by atoms with Crippen molar-refractivity contribution in [3.05, 3.63) is 66.0 Å². The van der Waals surface area contributed by atoms with Gasteiger partial charge < -0.3 is 20.8 Å². The van der Waals surface area contributed by atoms with Gasteiger partial charge in [-0.2, -0.15) is 0 Å². The van der Waals surface area contributed by atoms with Crippen LogP contribution in [0.3, 0.4) is 0 Å². The van der Waals surface area contributed by atoms with Gasteiger partial charge in [-0.25, -0.2) is 0 Å². The molecule has 34 heavy (non-hydrogen) atoms. The first-order chi connectivity index (χ1) is 16.3. The van der Waals surface area contributed by atoms with E-state index in [0.717, 1.165) is 18.4 Å². The number of hydrogen-bond acceptors (Lipinski definition) is 5. The van der Waals surface area contributed by atoms with E-state index in [2.05, 4.69) is 29.5 Å². The van der Waals surface area contributed by atoms with Gasteiger partial charge in [-0.15, -0.1) is 0 Å². The van der Waals surface area contributed by atoms with Gasteiger partial charge in [0, 0.05) is 37.8 Å². The number of nitrogens with one attached hydrogen (secondary N) is 2. The third-order valence-corrected chi connectivity index (χ3v) is 6.91. The minimum atomic E-state index is -0.860. The summed E-state index contributed by atoms with van der Waals surface area (Å²) >= 11 is 0. The van der Waals surface area contributed by atoms with Crippen molar-refractivity contribution in [1.29, 1.82) is 0 Å². The van der Waals surface area contributed by atoms with Gasteiger partial charge in [-0.3, -0.25) is 14.6 Å². The molecule has 3 rings (SSSR count). The smallest absolute Gasteiger partial charge is 0.252 e. The minimum absolute atomic E-state index is 0.127. The molecule has 1 aliphatic carbocycles. The Labute approximate surface area is 202 Å². The Hall–Kier alpha value is -2.77. The molecule has 1 aromatic carbocycles. The molecular weight excluding hydrogens is 430 g/mol. The summed E-state index contributed by atoms with van der Waals surface area (Å²) in [4.78, 5) is 28.6. The highest BCUT2D eigenvalue weighted by molar-refractivity contribution is 5.94. The van der Waals surface area contributed by atoms with E-state index < -0.39 is 12.2 Å². The van der Waals surface area contributed by atoms with Gasteiger partial charge in [0.25, 0.3) is 5.91 Å². The van der Waals surface area contributed by atoms with Crippen LogP contribution in [-0.4, -0.2) is 52.3 Å². The zero-order valence-electron chi connectivity index (χ0n) is 20.1. The monoisotopic (exact) mass is 467 g/mol. The van der Waals surface area contributed by atoms with Crippen molar-refractivity contribution in [2.45, 2.75) is 64.1 Å². The largest absolute Gasteiger partial charge is 0.390 e. The van der Waals surface area contributed by atoms with Crippen LogP contribution < -0.4 is 10.6 Å². The molecule has 0 radical (unpaired) electrons. The molecule has 7 heteroatoms. The topological polar surface area (TPSA) is 112 Å². The lowest BCUT2D eigenvalue weighted by Gasteiger charge is -2.36. The van der Waals surface area contributed by atoms with Crippen molar-refractivity contribution in [2.75, 3.05) is 13.1 Å². The third kappa shape index (κ3) is 7.37. The predicted octanol–water partition coefficient (Wildman–Crippen LogP) is 3.04. The highest BCUT2D eigenvalue weighted by Gasteiger charge is 2.37. The maximum atomic E-state index is 12.5. The van der Waals surface area contributed by atoms with E-state index in [1.54, 1.807) is 18.3 Å². The number of aliphatic hydroxyl groups excluding tert-OH is 2. The summed E-state index contributed by atoms with van der Waals surface area (Å²) in [6.07, 6.45) is 4.65. The molecule has 5 atom stereocenters. The van der Waals surface area contributed by atoms with Crippen LogP contribution in [0.4, 0.5) is 0 Å². The number of nitrogens with zero attached hydrogens (tertiary/aromatic N) is 1. The van der Waals surface area contributed by atoms with Gasteiger partial charge in [0.1, 0.15) is 0 Å². The molecular formula is C27H37N3O4. The van der Waals surface area contributed by atoms with E-state index in [4.69, 9.17) is 0 Å². The van der Waals surface area contributed by atoms with E-state index in [1.807, 2.05) is 30.3 Å². The Morgan fingerprint density at radius 3 is 2.59 bits per heavy atom. The Bertz CT molecular complexity index is 924. The molecule has 184 valence electrons. The quantitative estimate of drug-likeness (QED) is 0.500. The predicted molar refractivity (Wildman–Crippen MR) is 131 cm³/mol. The number of aromatic nitrogens is 1. The lowest BCUT2D eigenvalue weighted by atomic mass is 9.73.